The van der Waals surface area contributed by atoms with Gasteiger partial charge in [0, 0.05) is 16.7 Å². The Kier molecular flexibility index (Phi) is 2.39. The Morgan fingerprint density at radius 2 is 2.05 bits per heavy atom. The zero-order valence-corrected chi connectivity index (χ0v) is 11.8. The third-order valence-corrected chi connectivity index (χ3v) is 6.24. The van der Waals surface area contributed by atoms with Gasteiger partial charge in [-0.25, -0.2) is 0 Å². The zero-order chi connectivity index (χ0) is 13.1. The molecule has 1 atom stereocenters. The second kappa shape index (κ2) is 3.81. The lowest BCUT2D eigenvalue weighted by molar-refractivity contribution is -0.0423. The molecule has 0 bridgehead atoms. The van der Waals surface area contributed by atoms with Gasteiger partial charge in [0.15, 0.2) is 0 Å². The summed E-state index contributed by atoms with van der Waals surface area (Å²) >= 11 is 1.79. The van der Waals surface area contributed by atoms with Gasteiger partial charge < -0.3 is 10.8 Å². The van der Waals surface area contributed by atoms with E-state index in [4.69, 9.17) is 5.73 Å². The van der Waals surface area contributed by atoms with Gasteiger partial charge in [-0.1, -0.05) is 12.8 Å². The van der Waals surface area contributed by atoms with E-state index in [9.17, 15) is 5.11 Å². The number of hydrogen-bond acceptors (Lipinski definition) is 3. The lowest BCUT2D eigenvalue weighted by atomic mass is 9.54. The molecule has 1 saturated carbocycles. The molecule has 2 aliphatic carbocycles. The van der Waals surface area contributed by atoms with E-state index >= 15 is 0 Å². The minimum atomic E-state index is -0.571. The van der Waals surface area contributed by atoms with Crippen molar-refractivity contribution < 1.29 is 5.11 Å². The van der Waals surface area contributed by atoms with Crippen LogP contribution in [-0.4, -0.2) is 17.3 Å². The van der Waals surface area contributed by atoms with Gasteiger partial charge in [-0.3, -0.25) is 0 Å². The molecule has 0 radical (unpaired) electrons. The van der Waals surface area contributed by atoms with Crippen LogP contribution in [-0.2, 0) is 11.8 Å². The second-order valence-corrected chi connectivity index (χ2v) is 7.12. The van der Waals surface area contributed by atoms with Crippen molar-refractivity contribution in [1.82, 2.24) is 0 Å². The lowest BCUT2D eigenvalue weighted by Crippen LogP contribution is -2.60. The minimum absolute atomic E-state index is 0.186. The highest BCUT2D eigenvalue weighted by atomic mass is 32.1. The fourth-order valence-corrected chi connectivity index (χ4v) is 5.02. The van der Waals surface area contributed by atoms with Crippen molar-refractivity contribution >= 4 is 21.4 Å². The van der Waals surface area contributed by atoms with Gasteiger partial charge in [0.25, 0.3) is 0 Å². The second-order valence-electron chi connectivity index (χ2n) is 6.17. The van der Waals surface area contributed by atoms with Crippen LogP contribution in [0.25, 0.3) is 10.1 Å². The summed E-state index contributed by atoms with van der Waals surface area (Å²) in [6.45, 7) is 0.562. The molecule has 3 N–H and O–H groups in total. The number of fused-ring (bicyclic) bond motifs is 2. The van der Waals surface area contributed by atoms with Crippen LogP contribution in [0.2, 0.25) is 0 Å². The van der Waals surface area contributed by atoms with Crippen molar-refractivity contribution in [2.24, 2.45) is 5.73 Å². The maximum absolute atomic E-state index is 11.1. The largest absolute Gasteiger partial charge is 0.389 e. The molecule has 1 heterocycles. The molecule has 0 spiro atoms. The summed E-state index contributed by atoms with van der Waals surface area (Å²) in [6, 6.07) is 6.73. The van der Waals surface area contributed by atoms with Crippen molar-refractivity contribution in [2.45, 2.75) is 43.1 Å². The maximum Gasteiger partial charge on any atom is 0.0759 e. The predicted octanol–water partition coefficient (Wildman–Crippen LogP) is 2.96. The molecule has 0 aliphatic heterocycles. The summed E-state index contributed by atoms with van der Waals surface area (Å²) in [5, 5.41) is 14.5. The van der Waals surface area contributed by atoms with Crippen LogP contribution in [0.5, 0.6) is 0 Å². The number of benzene rings is 1. The summed E-state index contributed by atoms with van der Waals surface area (Å²) in [5.41, 5.74) is 8.05. The summed E-state index contributed by atoms with van der Waals surface area (Å²) in [7, 11) is 0. The average molecular weight is 273 g/mol. The van der Waals surface area contributed by atoms with Gasteiger partial charge in [-0.2, -0.15) is 0 Å². The molecule has 19 heavy (non-hydrogen) atoms. The molecular formula is C16H19NOS. The molecule has 100 valence electrons. The Balaban J connectivity index is 1.87. The Morgan fingerprint density at radius 1 is 1.26 bits per heavy atom. The van der Waals surface area contributed by atoms with E-state index in [0.717, 1.165) is 32.1 Å². The summed E-state index contributed by atoms with van der Waals surface area (Å²) in [6.07, 6.45) is 5.03. The van der Waals surface area contributed by atoms with Gasteiger partial charge in [-0.05, 0) is 59.4 Å². The molecule has 1 fully saturated rings. The van der Waals surface area contributed by atoms with Crippen LogP contribution in [0.1, 0.15) is 36.8 Å². The first-order chi connectivity index (χ1) is 9.18. The fourth-order valence-electron chi connectivity index (χ4n) is 4.18. The molecule has 1 unspecified atom stereocenters. The monoisotopic (exact) mass is 273 g/mol. The normalized spacial score (nSPS) is 28.3. The van der Waals surface area contributed by atoms with E-state index in [2.05, 4.69) is 23.6 Å². The Hall–Kier alpha value is -0.900. The van der Waals surface area contributed by atoms with E-state index in [1.807, 2.05) is 0 Å². The molecule has 0 saturated heterocycles. The van der Waals surface area contributed by atoms with E-state index in [0.29, 0.717) is 6.54 Å². The van der Waals surface area contributed by atoms with E-state index < -0.39 is 5.60 Å². The first-order valence-electron chi connectivity index (χ1n) is 7.12. The molecule has 2 nitrogen and oxygen atoms in total. The van der Waals surface area contributed by atoms with Gasteiger partial charge in [0.2, 0.25) is 0 Å². The predicted molar refractivity (Wildman–Crippen MR) is 79.7 cm³/mol. The first kappa shape index (κ1) is 11.9. The molecule has 2 aliphatic rings. The molecular weight excluding hydrogens is 254 g/mol. The Morgan fingerprint density at radius 3 is 2.79 bits per heavy atom. The number of aliphatic hydroxyl groups is 1. The third-order valence-electron chi connectivity index (χ3n) is 5.36. The minimum Gasteiger partial charge on any atom is -0.389 e. The average Bonchev–Trinajstić information content (AvgIpc) is 3.01. The molecule has 3 heteroatoms. The van der Waals surface area contributed by atoms with E-state index in [1.165, 1.54) is 21.2 Å². The van der Waals surface area contributed by atoms with Gasteiger partial charge in [0.05, 0.1) is 5.60 Å². The van der Waals surface area contributed by atoms with Crippen molar-refractivity contribution in [1.29, 1.82) is 0 Å². The van der Waals surface area contributed by atoms with Crippen molar-refractivity contribution in [3.05, 3.63) is 34.7 Å². The highest BCUT2D eigenvalue weighted by Crippen LogP contribution is 2.54. The SMILES string of the molecule is NCC1(C2(O)CCCC2)Cc2cc3sccc3cc21. The number of rotatable bonds is 2. The highest BCUT2D eigenvalue weighted by molar-refractivity contribution is 7.17. The number of nitrogens with two attached hydrogens (primary N) is 1. The first-order valence-corrected chi connectivity index (χ1v) is 8.00. The van der Waals surface area contributed by atoms with Crippen molar-refractivity contribution in [3.8, 4) is 0 Å². The van der Waals surface area contributed by atoms with E-state index in [1.54, 1.807) is 11.3 Å². The van der Waals surface area contributed by atoms with Gasteiger partial charge in [0.1, 0.15) is 0 Å². The summed E-state index contributed by atoms with van der Waals surface area (Å²) < 4.78 is 1.35. The Bertz CT molecular complexity index is 641. The number of thiophene rings is 1. The van der Waals surface area contributed by atoms with Crippen LogP contribution in [0, 0.1) is 0 Å². The molecule has 1 aromatic carbocycles. The van der Waals surface area contributed by atoms with Crippen LogP contribution in [0.15, 0.2) is 23.6 Å². The fraction of sp³-hybridized carbons (Fsp3) is 0.500. The maximum atomic E-state index is 11.1. The van der Waals surface area contributed by atoms with Crippen molar-refractivity contribution in [2.75, 3.05) is 6.54 Å². The standard InChI is InChI=1S/C16H19NOS/c17-10-15(16(18)4-1-2-5-16)9-12-8-14-11(3-6-19-14)7-13(12)15/h3,6-8,18H,1-2,4-5,9-10,17H2. The number of hydrogen-bond donors (Lipinski definition) is 2. The third kappa shape index (κ3) is 1.38. The molecule has 0 amide bonds. The highest BCUT2D eigenvalue weighted by Gasteiger charge is 2.57. The Labute approximate surface area is 117 Å². The molecule has 2 aromatic rings. The van der Waals surface area contributed by atoms with Crippen LogP contribution >= 0.6 is 11.3 Å². The quantitative estimate of drug-likeness (QED) is 0.883. The zero-order valence-electron chi connectivity index (χ0n) is 11.0. The molecule has 4 rings (SSSR count). The van der Waals surface area contributed by atoms with Crippen LogP contribution < -0.4 is 5.73 Å². The van der Waals surface area contributed by atoms with Crippen molar-refractivity contribution in [3.63, 3.8) is 0 Å². The van der Waals surface area contributed by atoms with Gasteiger partial charge in [-0.15, -0.1) is 11.3 Å². The van der Waals surface area contributed by atoms with Crippen LogP contribution in [0.4, 0.5) is 0 Å². The summed E-state index contributed by atoms with van der Waals surface area (Å²) in [4.78, 5) is 0. The van der Waals surface area contributed by atoms with Crippen LogP contribution in [0.3, 0.4) is 0 Å². The smallest absolute Gasteiger partial charge is 0.0759 e. The molecule has 1 aromatic heterocycles. The lowest BCUT2D eigenvalue weighted by Gasteiger charge is -2.53. The summed E-state index contributed by atoms with van der Waals surface area (Å²) in [5.74, 6) is 0. The van der Waals surface area contributed by atoms with E-state index in [-0.39, 0.29) is 5.41 Å². The van der Waals surface area contributed by atoms with Gasteiger partial charge >= 0.3 is 0 Å². The topological polar surface area (TPSA) is 46.2 Å².